The van der Waals surface area contributed by atoms with Crippen LogP contribution in [0.4, 0.5) is 5.69 Å². The van der Waals surface area contributed by atoms with Crippen molar-refractivity contribution >= 4 is 5.69 Å². The molecule has 2 aliphatic heterocycles. The first kappa shape index (κ1) is 22.7. The van der Waals surface area contributed by atoms with Crippen LogP contribution in [0.1, 0.15) is 42.0 Å². The fourth-order valence-corrected chi connectivity index (χ4v) is 5.96. The van der Waals surface area contributed by atoms with Gasteiger partial charge in [0.1, 0.15) is 5.75 Å². The zero-order valence-electron chi connectivity index (χ0n) is 20.2. The van der Waals surface area contributed by atoms with Crippen LogP contribution in [0.2, 0.25) is 0 Å². The van der Waals surface area contributed by atoms with Crippen LogP contribution in [0, 0.1) is 0 Å². The average Bonchev–Trinajstić information content (AvgIpc) is 3.30. The summed E-state index contributed by atoms with van der Waals surface area (Å²) in [6, 6.07) is 13.5. The van der Waals surface area contributed by atoms with Crippen LogP contribution in [0.3, 0.4) is 0 Å². The number of nitrogens with zero attached hydrogens (tertiary/aromatic N) is 3. The van der Waals surface area contributed by atoms with Gasteiger partial charge in [0.05, 0.1) is 0 Å². The Morgan fingerprint density at radius 1 is 0.939 bits per heavy atom. The second-order valence-corrected chi connectivity index (χ2v) is 10.2. The Labute approximate surface area is 199 Å². The van der Waals surface area contributed by atoms with Gasteiger partial charge in [-0.2, -0.15) is 0 Å². The maximum atomic E-state index is 9.92. The first-order valence-electron chi connectivity index (χ1n) is 13.0. The van der Waals surface area contributed by atoms with Gasteiger partial charge in [0.15, 0.2) is 0 Å². The van der Waals surface area contributed by atoms with Gasteiger partial charge in [0, 0.05) is 64.1 Å². The van der Waals surface area contributed by atoms with Gasteiger partial charge < -0.3 is 10.4 Å². The Morgan fingerprint density at radius 2 is 1.79 bits per heavy atom. The van der Waals surface area contributed by atoms with E-state index in [2.05, 4.69) is 51.2 Å². The number of anilines is 1. The lowest BCUT2D eigenvalue weighted by Gasteiger charge is -2.39. The van der Waals surface area contributed by atoms with E-state index in [1.807, 2.05) is 12.1 Å². The molecule has 5 heteroatoms. The molecule has 2 heterocycles. The summed E-state index contributed by atoms with van der Waals surface area (Å²) < 4.78 is 0. The number of piperazine rings is 1. The molecule has 33 heavy (non-hydrogen) atoms. The molecule has 1 fully saturated rings. The highest BCUT2D eigenvalue weighted by Gasteiger charge is 2.25. The Morgan fingerprint density at radius 3 is 2.64 bits per heavy atom. The van der Waals surface area contributed by atoms with Crippen molar-refractivity contribution in [3.63, 3.8) is 0 Å². The number of phenols is 1. The molecule has 1 aliphatic carbocycles. The molecule has 0 amide bonds. The second kappa shape index (κ2) is 10.5. The van der Waals surface area contributed by atoms with E-state index in [9.17, 15) is 5.11 Å². The van der Waals surface area contributed by atoms with Crippen molar-refractivity contribution in [3.8, 4) is 5.75 Å². The largest absolute Gasteiger partial charge is 0.508 e. The summed E-state index contributed by atoms with van der Waals surface area (Å²) in [6.07, 6.45) is 5.82. The predicted octanol–water partition coefficient (Wildman–Crippen LogP) is 3.75. The monoisotopic (exact) mass is 448 g/mol. The molecular formula is C28H40N4O. The van der Waals surface area contributed by atoms with Crippen molar-refractivity contribution in [1.29, 1.82) is 0 Å². The number of hydrogen-bond acceptors (Lipinski definition) is 5. The van der Waals surface area contributed by atoms with Crippen molar-refractivity contribution in [2.24, 2.45) is 0 Å². The minimum Gasteiger partial charge on any atom is -0.508 e. The summed E-state index contributed by atoms with van der Waals surface area (Å²) >= 11 is 0. The van der Waals surface area contributed by atoms with Gasteiger partial charge in [-0.25, -0.2) is 0 Å². The lowest BCUT2D eigenvalue weighted by atomic mass is 9.87. The maximum Gasteiger partial charge on any atom is 0.115 e. The van der Waals surface area contributed by atoms with Crippen molar-refractivity contribution in [3.05, 3.63) is 58.7 Å². The van der Waals surface area contributed by atoms with Crippen molar-refractivity contribution in [2.45, 2.75) is 51.6 Å². The summed E-state index contributed by atoms with van der Waals surface area (Å²) in [6.45, 7) is 12.6. The number of hydrogen-bond donors (Lipinski definition) is 2. The Balaban J connectivity index is 1.10. The molecular weight excluding hydrogens is 408 g/mol. The fourth-order valence-electron chi connectivity index (χ4n) is 5.96. The minimum absolute atomic E-state index is 0.408. The normalized spacial score (nSPS) is 21.1. The van der Waals surface area contributed by atoms with Gasteiger partial charge in [-0.1, -0.05) is 25.1 Å². The number of benzene rings is 2. The Bertz CT molecular complexity index is 937. The van der Waals surface area contributed by atoms with Gasteiger partial charge in [-0.05, 0) is 79.1 Å². The summed E-state index contributed by atoms with van der Waals surface area (Å²) in [5.41, 5.74) is 7.06. The standard InChI is InChI=1S/C28H40N4O/c1-2-11-32(26-6-4-23-5-7-27(33)20-25(23)19-26)17-16-30-12-14-31(15-13-30)21-22-3-8-28-24(18-22)9-10-29-28/h3,5,7-8,18,20,26,29,33H,2,4,6,9-17,19,21H2,1H3. The zero-order valence-corrected chi connectivity index (χ0v) is 20.2. The number of phenolic OH excluding ortho intramolecular Hbond substituents is 1. The number of aryl methyl sites for hydroxylation is 1. The van der Waals surface area contributed by atoms with Gasteiger partial charge in [0.25, 0.3) is 0 Å². The van der Waals surface area contributed by atoms with E-state index in [-0.39, 0.29) is 0 Å². The Kier molecular flexibility index (Phi) is 7.19. The maximum absolute atomic E-state index is 9.92. The van der Waals surface area contributed by atoms with E-state index >= 15 is 0 Å². The number of aromatic hydroxyl groups is 1. The van der Waals surface area contributed by atoms with Crippen molar-refractivity contribution in [1.82, 2.24) is 14.7 Å². The lowest BCUT2D eigenvalue weighted by Crippen LogP contribution is -2.49. The van der Waals surface area contributed by atoms with E-state index < -0.39 is 0 Å². The molecule has 2 aromatic carbocycles. The SMILES string of the molecule is CCCN(CCN1CCN(Cc2ccc3c(c2)CCN3)CC1)C1CCc2ccc(O)cc2C1. The molecule has 1 saturated heterocycles. The molecule has 0 aromatic heterocycles. The highest BCUT2D eigenvalue weighted by molar-refractivity contribution is 5.56. The molecule has 5 nitrogen and oxygen atoms in total. The van der Waals surface area contributed by atoms with E-state index in [4.69, 9.17) is 0 Å². The topological polar surface area (TPSA) is 42.0 Å². The quantitative estimate of drug-likeness (QED) is 0.644. The summed E-state index contributed by atoms with van der Waals surface area (Å²) in [4.78, 5) is 8.00. The third-order valence-corrected chi connectivity index (χ3v) is 7.87. The molecule has 0 bridgehead atoms. The lowest BCUT2D eigenvalue weighted by molar-refractivity contribution is 0.100. The van der Waals surface area contributed by atoms with Crippen molar-refractivity contribution in [2.75, 3.05) is 57.7 Å². The molecule has 0 saturated carbocycles. The minimum atomic E-state index is 0.408. The number of nitrogens with one attached hydrogen (secondary N) is 1. The number of fused-ring (bicyclic) bond motifs is 2. The van der Waals surface area contributed by atoms with Crippen LogP contribution in [-0.2, 0) is 25.8 Å². The molecule has 5 rings (SSSR count). The predicted molar refractivity (Wildman–Crippen MR) is 136 cm³/mol. The zero-order chi connectivity index (χ0) is 22.6. The van der Waals surface area contributed by atoms with Gasteiger partial charge >= 0.3 is 0 Å². The van der Waals surface area contributed by atoms with Crippen LogP contribution in [0.15, 0.2) is 36.4 Å². The van der Waals surface area contributed by atoms with Crippen LogP contribution in [0.25, 0.3) is 0 Å². The third kappa shape index (κ3) is 5.53. The van der Waals surface area contributed by atoms with Crippen LogP contribution < -0.4 is 5.32 Å². The molecule has 0 spiro atoms. The van der Waals surface area contributed by atoms with Gasteiger partial charge in [-0.15, -0.1) is 0 Å². The van der Waals surface area contributed by atoms with E-state index in [1.165, 1.54) is 86.5 Å². The third-order valence-electron chi connectivity index (χ3n) is 7.87. The number of rotatable bonds is 8. The smallest absolute Gasteiger partial charge is 0.115 e. The van der Waals surface area contributed by atoms with Crippen LogP contribution in [-0.4, -0.2) is 78.2 Å². The molecule has 1 atom stereocenters. The summed E-state index contributed by atoms with van der Waals surface area (Å²) in [7, 11) is 0. The van der Waals surface area contributed by atoms with E-state index in [0.717, 1.165) is 32.5 Å². The van der Waals surface area contributed by atoms with Crippen LogP contribution in [0.5, 0.6) is 5.75 Å². The van der Waals surface area contributed by atoms with E-state index in [1.54, 1.807) is 0 Å². The summed E-state index contributed by atoms with van der Waals surface area (Å²) in [5.74, 6) is 0.408. The first-order valence-corrected chi connectivity index (χ1v) is 13.0. The Hall–Kier alpha value is -2.08. The summed E-state index contributed by atoms with van der Waals surface area (Å²) in [5, 5.41) is 13.4. The highest BCUT2D eigenvalue weighted by Crippen LogP contribution is 2.28. The first-order chi connectivity index (χ1) is 16.2. The fraction of sp³-hybridized carbons (Fsp3) is 0.571. The molecule has 2 aromatic rings. The van der Waals surface area contributed by atoms with Gasteiger partial charge in [-0.3, -0.25) is 14.7 Å². The molecule has 1 unspecified atom stereocenters. The molecule has 178 valence electrons. The average molecular weight is 449 g/mol. The highest BCUT2D eigenvalue weighted by atomic mass is 16.3. The van der Waals surface area contributed by atoms with E-state index in [0.29, 0.717) is 11.8 Å². The molecule has 0 radical (unpaired) electrons. The molecule has 3 aliphatic rings. The van der Waals surface area contributed by atoms with Crippen molar-refractivity contribution < 1.29 is 5.11 Å². The molecule has 2 N–H and O–H groups in total. The van der Waals surface area contributed by atoms with Gasteiger partial charge in [0.2, 0.25) is 0 Å². The van der Waals surface area contributed by atoms with Crippen LogP contribution >= 0.6 is 0 Å². The second-order valence-electron chi connectivity index (χ2n) is 10.2.